The number of hydrogen-bond acceptors (Lipinski definition) is 3. The molecule has 0 bridgehead atoms. The summed E-state index contributed by atoms with van der Waals surface area (Å²) in [7, 11) is 0. The van der Waals surface area contributed by atoms with Crippen LogP contribution in [0.1, 0.15) is 37.4 Å². The summed E-state index contributed by atoms with van der Waals surface area (Å²) in [6.45, 7) is 0. The molecule has 0 spiro atoms. The van der Waals surface area contributed by atoms with Gasteiger partial charge < -0.3 is 5.41 Å². The zero-order valence-corrected chi connectivity index (χ0v) is 9.44. The minimum Gasteiger partial charge on any atom is -0.308 e. The summed E-state index contributed by atoms with van der Waals surface area (Å²) in [5.74, 6) is -0.277. The molecule has 2 aromatic rings. The van der Waals surface area contributed by atoms with Crippen LogP contribution in [0.15, 0.2) is 42.5 Å². The first-order valence-electron chi connectivity index (χ1n) is 5.55. The molecular weight excluding hydrogens is 226 g/mol. The van der Waals surface area contributed by atoms with Gasteiger partial charge in [0.25, 0.3) is 0 Å². The molecular formula is C15H9NO2. The van der Waals surface area contributed by atoms with Crippen molar-refractivity contribution >= 4 is 17.8 Å². The molecule has 18 heavy (non-hydrogen) atoms. The van der Waals surface area contributed by atoms with E-state index in [0.29, 0.717) is 27.8 Å². The molecule has 0 saturated carbocycles. The number of benzene rings is 2. The fourth-order valence-corrected chi connectivity index (χ4v) is 2.21. The third-order valence-corrected chi connectivity index (χ3v) is 3.12. The first-order chi connectivity index (χ1) is 8.72. The van der Waals surface area contributed by atoms with Gasteiger partial charge >= 0.3 is 0 Å². The summed E-state index contributed by atoms with van der Waals surface area (Å²) < 4.78 is 0. The molecule has 1 N–H and O–H groups in total. The monoisotopic (exact) mass is 235 g/mol. The van der Waals surface area contributed by atoms with Crippen LogP contribution in [0.2, 0.25) is 0 Å². The van der Waals surface area contributed by atoms with E-state index in [1.165, 1.54) is 6.21 Å². The van der Waals surface area contributed by atoms with Crippen molar-refractivity contribution in [2.75, 3.05) is 0 Å². The van der Waals surface area contributed by atoms with Crippen LogP contribution in [0.4, 0.5) is 0 Å². The van der Waals surface area contributed by atoms with Gasteiger partial charge in [-0.05, 0) is 17.7 Å². The summed E-state index contributed by atoms with van der Waals surface area (Å²) in [4.78, 5) is 24.5. The molecule has 3 nitrogen and oxygen atoms in total. The quantitative estimate of drug-likeness (QED) is 0.658. The van der Waals surface area contributed by atoms with Gasteiger partial charge in [0.1, 0.15) is 0 Å². The molecule has 0 fully saturated rings. The van der Waals surface area contributed by atoms with E-state index >= 15 is 0 Å². The molecule has 3 rings (SSSR count). The van der Waals surface area contributed by atoms with E-state index < -0.39 is 0 Å². The van der Waals surface area contributed by atoms with Crippen LogP contribution in [0, 0.1) is 5.41 Å². The van der Waals surface area contributed by atoms with Crippen LogP contribution in [0.5, 0.6) is 0 Å². The molecule has 86 valence electrons. The van der Waals surface area contributed by atoms with Crippen LogP contribution in [0.25, 0.3) is 0 Å². The number of rotatable bonds is 1. The minimum absolute atomic E-state index is 0.128. The van der Waals surface area contributed by atoms with Gasteiger partial charge in [0, 0.05) is 28.5 Å². The van der Waals surface area contributed by atoms with Gasteiger partial charge in [-0.1, -0.05) is 30.3 Å². The highest BCUT2D eigenvalue weighted by atomic mass is 16.1. The Hall–Kier alpha value is -2.55. The second-order valence-corrected chi connectivity index (χ2v) is 4.15. The molecule has 0 unspecified atom stereocenters. The van der Waals surface area contributed by atoms with Gasteiger partial charge in [0.15, 0.2) is 11.6 Å². The third-order valence-electron chi connectivity index (χ3n) is 3.12. The van der Waals surface area contributed by atoms with Gasteiger partial charge in [-0.2, -0.15) is 0 Å². The third kappa shape index (κ3) is 1.34. The average Bonchev–Trinajstić information content (AvgIpc) is 2.44. The van der Waals surface area contributed by atoms with Crippen LogP contribution < -0.4 is 0 Å². The Balaban J connectivity index is 2.30. The second-order valence-electron chi connectivity index (χ2n) is 4.15. The van der Waals surface area contributed by atoms with Gasteiger partial charge in [-0.3, -0.25) is 9.59 Å². The van der Waals surface area contributed by atoms with Crippen LogP contribution in [-0.4, -0.2) is 17.8 Å². The highest BCUT2D eigenvalue weighted by Gasteiger charge is 2.28. The fraction of sp³-hybridized carbons (Fsp3) is 0. The second kappa shape index (κ2) is 3.74. The predicted molar refractivity (Wildman–Crippen MR) is 67.6 cm³/mol. The Kier molecular flexibility index (Phi) is 2.20. The predicted octanol–water partition coefficient (Wildman–Crippen LogP) is 2.46. The van der Waals surface area contributed by atoms with E-state index in [1.54, 1.807) is 42.5 Å². The van der Waals surface area contributed by atoms with Crippen molar-refractivity contribution in [3.8, 4) is 0 Å². The van der Waals surface area contributed by atoms with E-state index in [1.807, 2.05) is 0 Å². The van der Waals surface area contributed by atoms with E-state index in [9.17, 15) is 9.59 Å². The van der Waals surface area contributed by atoms with Crippen molar-refractivity contribution < 1.29 is 9.59 Å². The van der Waals surface area contributed by atoms with Crippen LogP contribution >= 0.6 is 0 Å². The van der Waals surface area contributed by atoms with E-state index in [-0.39, 0.29) is 11.6 Å². The molecule has 2 aromatic carbocycles. The summed E-state index contributed by atoms with van der Waals surface area (Å²) in [5, 5.41) is 7.20. The fourth-order valence-electron chi connectivity index (χ4n) is 2.21. The van der Waals surface area contributed by atoms with Crippen LogP contribution in [-0.2, 0) is 0 Å². The standard InChI is InChI=1S/C15H9NO2/c16-8-9-5-6-12-13(7-9)15(18)11-4-2-1-3-10(11)14(12)17/h1-8,16H. The van der Waals surface area contributed by atoms with Crippen molar-refractivity contribution in [3.05, 3.63) is 70.3 Å². The molecule has 0 saturated heterocycles. The van der Waals surface area contributed by atoms with Crippen molar-refractivity contribution in [2.24, 2.45) is 0 Å². The number of carbonyl (C=O) groups is 2. The van der Waals surface area contributed by atoms with Gasteiger partial charge in [0.05, 0.1) is 0 Å². The van der Waals surface area contributed by atoms with E-state index in [0.717, 1.165) is 0 Å². The van der Waals surface area contributed by atoms with Crippen molar-refractivity contribution in [1.82, 2.24) is 0 Å². The molecule has 0 aliphatic heterocycles. The van der Waals surface area contributed by atoms with E-state index in [4.69, 9.17) is 5.41 Å². The number of ketones is 2. The van der Waals surface area contributed by atoms with Crippen molar-refractivity contribution in [3.63, 3.8) is 0 Å². The number of carbonyl (C=O) groups excluding carboxylic acids is 2. The largest absolute Gasteiger partial charge is 0.308 e. The molecule has 1 aliphatic rings. The topological polar surface area (TPSA) is 58.0 Å². The van der Waals surface area contributed by atoms with Gasteiger partial charge in [0.2, 0.25) is 0 Å². The van der Waals surface area contributed by atoms with Crippen molar-refractivity contribution in [1.29, 1.82) is 5.41 Å². The first-order valence-corrected chi connectivity index (χ1v) is 5.55. The Morgan fingerprint density at radius 1 is 0.778 bits per heavy atom. The number of fused-ring (bicyclic) bond motifs is 2. The highest BCUT2D eigenvalue weighted by molar-refractivity contribution is 6.28. The molecule has 1 aliphatic carbocycles. The van der Waals surface area contributed by atoms with E-state index in [2.05, 4.69) is 0 Å². The van der Waals surface area contributed by atoms with Crippen molar-refractivity contribution in [2.45, 2.75) is 0 Å². The highest BCUT2D eigenvalue weighted by Crippen LogP contribution is 2.27. The maximum absolute atomic E-state index is 12.3. The first kappa shape index (κ1) is 10.6. The lowest BCUT2D eigenvalue weighted by Gasteiger charge is -2.17. The summed E-state index contributed by atoms with van der Waals surface area (Å²) in [5.41, 5.74) is 2.33. The maximum atomic E-state index is 12.3. The molecule has 3 heteroatoms. The molecule has 0 radical (unpaired) electrons. The summed E-state index contributed by atoms with van der Waals surface area (Å²) >= 11 is 0. The number of nitrogens with one attached hydrogen (secondary N) is 1. The Bertz CT molecular complexity index is 701. The van der Waals surface area contributed by atoms with Gasteiger partial charge in [-0.25, -0.2) is 0 Å². The molecule has 0 atom stereocenters. The molecule has 0 amide bonds. The van der Waals surface area contributed by atoms with Crippen LogP contribution in [0.3, 0.4) is 0 Å². The Labute approximate surface area is 104 Å². The lowest BCUT2D eigenvalue weighted by atomic mass is 9.83. The molecule has 0 heterocycles. The summed E-state index contributed by atoms with van der Waals surface area (Å²) in [6.07, 6.45) is 1.17. The average molecular weight is 235 g/mol. The normalized spacial score (nSPS) is 12.9. The lowest BCUT2D eigenvalue weighted by molar-refractivity contribution is 0.0979. The lowest BCUT2D eigenvalue weighted by Crippen LogP contribution is -2.20. The summed E-state index contributed by atoms with van der Waals surface area (Å²) in [6, 6.07) is 11.7. The smallest absolute Gasteiger partial charge is 0.194 e. The Morgan fingerprint density at radius 2 is 1.33 bits per heavy atom. The zero-order valence-electron chi connectivity index (χ0n) is 9.44. The maximum Gasteiger partial charge on any atom is 0.194 e. The minimum atomic E-state index is -0.149. The zero-order chi connectivity index (χ0) is 12.7. The van der Waals surface area contributed by atoms with Gasteiger partial charge in [-0.15, -0.1) is 0 Å². The SMILES string of the molecule is N=Cc1ccc2c(c1)C(=O)c1ccccc1C2=O. The molecule has 0 aromatic heterocycles. The Morgan fingerprint density at radius 3 is 1.94 bits per heavy atom. The number of hydrogen-bond donors (Lipinski definition) is 1.